The number of benzene rings is 1. The van der Waals surface area contributed by atoms with E-state index >= 15 is 0 Å². The summed E-state index contributed by atoms with van der Waals surface area (Å²) in [6, 6.07) is 5.68. The van der Waals surface area contributed by atoms with E-state index in [1.54, 1.807) is 0 Å². The van der Waals surface area contributed by atoms with Gasteiger partial charge in [-0.1, -0.05) is 33.6 Å². The Balaban J connectivity index is 2.64. The monoisotopic (exact) mass is 321 g/mol. The molecule has 2 N–H and O–H groups in total. The lowest BCUT2D eigenvalue weighted by Crippen LogP contribution is -2.28. The van der Waals surface area contributed by atoms with Gasteiger partial charge in [0.05, 0.1) is 6.61 Å². The van der Waals surface area contributed by atoms with Gasteiger partial charge >= 0.3 is 0 Å². The second kappa shape index (κ2) is 8.06. The molecule has 0 saturated heterocycles. The molecule has 96 valence electrons. The molecule has 17 heavy (non-hydrogen) atoms. The zero-order chi connectivity index (χ0) is 12.7. The van der Waals surface area contributed by atoms with E-state index < -0.39 is 0 Å². The van der Waals surface area contributed by atoms with Crippen LogP contribution in [0.4, 0.5) is 0 Å². The number of halogens is 2. The molecular weight excluding hydrogens is 305 g/mol. The lowest BCUT2D eigenvalue weighted by molar-refractivity contribution is 0.174. The minimum absolute atomic E-state index is 0.122. The molecule has 1 aromatic rings. The standard InChI is InChI=1S/C12H17BrClNO2/c13-12-8-11(14)3-2-10(12)9-15(5-7-17)4-1-6-16/h2-3,8,16-17H,1,4-7,9H2. The Morgan fingerprint density at radius 1 is 1.18 bits per heavy atom. The van der Waals surface area contributed by atoms with Crippen molar-refractivity contribution < 1.29 is 10.2 Å². The first-order valence-electron chi connectivity index (χ1n) is 5.55. The van der Waals surface area contributed by atoms with E-state index in [1.807, 2.05) is 18.2 Å². The third-order valence-electron chi connectivity index (χ3n) is 2.46. The van der Waals surface area contributed by atoms with Gasteiger partial charge in [0.25, 0.3) is 0 Å². The van der Waals surface area contributed by atoms with E-state index in [1.165, 1.54) is 0 Å². The van der Waals surface area contributed by atoms with E-state index in [4.69, 9.17) is 21.8 Å². The van der Waals surface area contributed by atoms with Crippen LogP contribution in [-0.4, -0.2) is 41.4 Å². The van der Waals surface area contributed by atoms with E-state index in [-0.39, 0.29) is 13.2 Å². The summed E-state index contributed by atoms with van der Waals surface area (Å²) >= 11 is 9.35. The van der Waals surface area contributed by atoms with Gasteiger partial charge in [0.15, 0.2) is 0 Å². The van der Waals surface area contributed by atoms with Gasteiger partial charge in [0.2, 0.25) is 0 Å². The van der Waals surface area contributed by atoms with Crippen LogP contribution < -0.4 is 0 Å². The van der Waals surface area contributed by atoms with E-state index in [0.717, 1.165) is 23.1 Å². The summed E-state index contributed by atoms with van der Waals surface area (Å²) in [4.78, 5) is 2.10. The molecule has 0 saturated carbocycles. The molecule has 0 aliphatic heterocycles. The first-order chi connectivity index (χ1) is 8.17. The van der Waals surface area contributed by atoms with Gasteiger partial charge in [-0.25, -0.2) is 0 Å². The summed E-state index contributed by atoms with van der Waals surface area (Å²) < 4.78 is 0.969. The zero-order valence-electron chi connectivity index (χ0n) is 9.57. The quantitative estimate of drug-likeness (QED) is 0.809. The summed E-state index contributed by atoms with van der Waals surface area (Å²) in [5.74, 6) is 0. The van der Waals surface area contributed by atoms with Crippen molar-refractivity contribution in [2.75, 3.05) is 26.3 Å². The summed E-state index contributed by atoms with van der Waals surface area (Å²) in [5.41, 5.74) is 1.13. The first-order valence-corrected chi connectivity index (χ1v) is 6.72. The molecule has 1 rings (SSSR count). The topological polar surface area (TPSA) is 43.7 Å². The number of nitrogens with zero attached hydrogens (tertiary/aromatic N) is 1. The fourth-order valence-corrected chi connectivity index (χ4v) is 2.40. The van der Waals surface area contributed by atoms with E-state index in [9.17, 15) is 0 Å². The molecule has 0 aliphatic carbocycles. The molecule has 5 heteroatoms. The minimum atomic E-state index is 0.122. The average molecular weight is 323 g/mol. The molecular formula is C12H17BrClNO2. The van der Waals surface area contributed by atoms with Crippen molar-refractivity contribution in [2.24, 2.45) is 0 Å². The predicted molar refractivity (Wildman–Crippen MR) is 73.2 cm³/mol. The van der Waals surface area contributed by atoms with Crippen molar-refractivity contribution in [3.05, 3.63) is 33.3 Å². The fourth-order valence-electron chi connectivity index (χ4n) is 1.60. The lowest BCUT2D eigenvalue weighted by atomic mass is 10.2. The number of aliphatic hydroxyl groups excluding tert-OH is 2. The number of hydrogen-bond donors (Lipinski definition) is 2. The van der Waals surface area contributed by atoms with Crippen molar-refractivity contribution in [1.29, 1.82) is 0 Å². The molecule has 0 amide bonds. The fraction of sp³-hybridized carbons (Fsp3) is 0.500. The van der Waals surface area contributed by atoms with Gasteiger partial charge in [0.1, 0.15) is 0 Å². The Bertz CT molecular complexity index is 349. The molecule has 0 radical (unpaired) electrons. The minimum Gasteiger partial charge on any atom is -0.396 e. The van der Waals surface area contributed by atoms with Crippen molar-refractivity contribution in [1.82, 2.24) is 4.90 Å². The molecule has 3 nitrogen and oxygen atoms in total. The van der Waals surface area contributed by atoms with Crippen LogP contribution in [0, 0.1) is 0 Å². The van der Waals surface area contributed by atoms with Crippen LogP contribution in [0.25, 0.3) is 0 Å². The third kappa shape index (κ3) is 5.36. The van der Waals surface area contributed by atoms with Crippen LogP contribution in [-0.2, 0) is 6.54 Å². The highest BCUT2D eigenvalue weighted by atomic mass is 79.9. The number of rotatable bonds is 7. The van der Waals surface area contributed by atoms with Crippen LogP contribution in [0.3, 0.4) is 0 Å². The number of hydrogen-bond acceptors (Lipinski definition) is 3. The Labute approximate surface area is 115 Å². The highest BCUT2D eigenvalue weighted by molar-refractivity contribution is 9.10. The Hall–Kier alpha value is -0.130. The second-order valence-electron chi connectivity index (χ2n) is 3.81. The largest absolute Gasteiger partial charge is 0.396 e. The second-order valence-corrected chi connectivity index (χ2v) is 5.10. The average Bonchev–Trinajstić information content (AvgIpc) is 2.29. The maximum Gasteiger partial charge on any atom is 0.0558 e. The van der Waals surface area contributed by atoms with Gasteiger partial charge in [-0.15, -0.1) is 0 Å². The van der Waals surface area contributed by atoms with Gasteiger partial charge in [-0.3, -0.25) is 4.90 Å². The van der Waals surface area contributed by atoms with Crippen molar-refractivity contribution >= 4 is 27.5 Å². The molecule has 0 bridgehead atoms. The van der Waals surface area contributed by atoms with Crippen LogP contribution in [0.2, 0.25) is 5.02 Å². The molecule has 0 atom stereocenters. The van der Waals surface area contributed by atoms with Crippen molar-refractivity contribution in [3.8, 4) is 0 Å². The van der Waals surface area contributed by atoms with Crippen LogP contribution in [0.15, 0.2) is 22.7 Å². The SMILES string of the molecule is OCCCN(CCO)Cc1ccc(Cl)cc1Br. The maximum absolute atomic E-state index is 8.99. The Morgan fingerprint density at radius 2 is 1.94 bits per heavy atom. The molecule has 0 heterocycles. The third-order valence-corrected chi connectivity index (χ3v) is 3.43. The van der Waals surface area contributed by atoms with Gasteiger partial charge in [-0.05, 0) is 24.1 Å². The molecule has 0 unspecified atom stereocenters. The van der Waals surface area contributed by atoms with Gasteiger partial charge in [-0.2, -0.15) is 0 Å². The molecule has 0 spiro atoms. The summed E-state index contributed by atoms with van der Waals surface area (Å²) in [6.07, 6.45) is 0.714. The lowest BCUT2D eigenvalue weighted by Gasteiger charge is -2.21. The van der Waals surface area contributed by atoms with Crippen LogP contribution in [0.5, 0.6) is 0 Å². The zero-order valence-corrected chi connectivity index (χ0v) is 11.9. The molecule has 0 aromatic heterocycles. The predicted octanol–water partition coefficient (Wildman–Crippen LogP) is 2.28. The summed E-state index contributed by atoms with van der Waals surface area (Å²) in [6.45, 7) is 2.40. The molecule has 1 aromatic carbocycles. The van der Waals surface area contributed by atoms with Crippen LogP contribution >= 0.6 is 27.5 Å². The Kier molecular flexibility index (Phi) is 7.08. The summed E-state index contributed by atoms with van der Waals surface area (Å²) in [5, 5.41) is 18.5. The van der Waals surface area contributed by atoms with Gasteiger partial charge < -0.3 is 10.2 Å². The smallest absolute Gasteiger partial charge is 0.0558 e. The van der Waals surface area contributed by atoms with Crippen molar-refractivity contribution in [3.63, 3.8) is 0 Å². The van der Waals surface area contributed by atoms with E-state index in [0.29, 0.717) is 18.0 Å². The normalized spacial score (nSPS) is 11.1. The molecule has 0 fully saturated rings. The highest BCUT2D eigenvalue weighted by Gasteiger charge is 2.08. The highest BCUT2D eigenvalue weighted by Crippen LogP contribution is 2.22. The van der Waals surface area contributed by atoms with Gasteiger partial charge in [0, 0.05) is 35.7 Å². The van der Waals surface area contributed by atoms with E-state index in [2.05, 4.69) is 20.8 Å². The number of aliphatic hydroxyl groups is 2. The first kappa shape index (κ1) is 14.9. The Morgan fingerprint density at radius 3 is 2.53 bits per heavy atom. The molecule has 0 aliphatic rings. The van der Waals surface area contributed by atoms with Crippen molar-refractivity contribution in [2.45, 2.75) is 13.0 Å². The van der Waals surface area contributed by atoms with Crippen LogP contribution in [0.1, 0.15) is 12.0 Å². The maximum atomic E-state index is 8.99. The summed E-state index contributed by atoms with van der Waals surface area (Å²) in [7, 11) is 0.